The minimum atomic E-state index is 0.0592. The summed E-state index contributed by atoms with van der Waals surface area (Å²) in [7, 11) is 7.37. The Bertz CT molecular complexity index is 540. The second-order valence-corrected chi connectivity index (χ2v) is 6.36. The molecule has 6 nitrogen and oxygen atoms in total. The molecule has 2 rings (SSSR count). The van der Waals surface area contributed by atoms with Crippen molar-refractivity contribution in [2.75, 3.05) is 67.6 Å². The summed E-state index contributed by atoms with van der Waals surface area (Å²) in [5.41, 5.74) is 0.647. The van der Waals surface area contributed by atoms with Crippen LogP contribution in [0.4, 0.5) is 0 Å². The van der Waals surface area contributed by atoms with Gasteiger partial charge in [0.2, 0.25) is 0 Å². The lowest BCUT2D eigenvalue weighted by Crippen LogP contribution is -2.49. The monoisotopic (exact) mass is 335 g/mol. The van der Waals surface area contributed by atoms with E-state index in [1.165, 1.54) is 0 Å². The maximum atomic E-state index is 12.7. The van der Waals surface area contributed by atoms with Gasteiger partial charge in [0.1, 0.15) is 0 Å². The predicted octanol–water partition coefficient (Wildman–Crippen LogP) is 1.41. The zero-order chi connectivity index (χ0) is 17.5. The number of hydrogen-bond acceptors (Lipinski definition) is 5. The van der Waals surface area contributed by atoms with E-state index in [4.69, 9.17) is 9.47 Å². The Balaban J connectivity index is 1.88. The van der Waals surface area contributed by atoms with Crippen LogP contribution in [0, 0.1) is 0 Å². The number of ether oxygens (including phenoxy) is 2. The molecule has 0 atom stereocenters. The van der Waals surface area contributed by atoms with Crippen molar-refractivity contribution in [2.45, 2.75) is 6.42 Å². The van der Waals surface area contributed by atoms with Gasteiger partial charge in [-0.1, -0.05) is 0 Å². The van der Waals surface area contributed by atoms with Gasteiger partial charge >= 0.3 is 0 Å². The van der Waals surface area contributed by atoms with Crippen molar-refractivity contribution < 1.29 is 14.3 Å². The fourth-order valence-electron chi connectivity index (χ4n) is 2.94. The molecule has 1 amide bonds. The highest BCUT2D eigenvalue weighted by atomic mass is 16.5. The zero-order valence-corrected chi connectivity index (χ0v) is 15.2. The van der Waals surface area contributed by atoms with E-state index in [2.05, 4.69) is 23.9 Å². The van der Waals surface area contributed by atoms with Crippen molar-refractivity contribution in [3.8, 4) is 11.5 Å². The second kappa shape index (κ2) is 8.89. The summed E-state index contributed by atoms with van der Waals surface area (Å²) in [4.78, 5) is 19.2. The number of rotatable bonds is 7. The Morgan fingerprint density at radius 1 is 1.08 bits per heavy atom. The van der Waals surface area contributed by atoms with Crippen LogP contribution in [0.3, 0.4) is 0 Å². The minimum Gasteiger partial charge on any atom is -0.493 e. The van der Waals surface area contributed by atoms with E-state index in [9.17, 15) is 4.79 Å². The molecule has 0 bridgehead atoms. The van der Waals surface area contributed by atoms with Crippen LogP contribution in [0.2, 0.25) is 0 Å². The molecule has 1 aromatic carbocycles. The predicted molar refractivity (Wildman–Crippen MR) is 95.1 cm³/mol. The Kier molecular flexibility index (Phi) is 6.87. The minimum absolute atomic E-state index is 0.0592. The molecule has 0 spiro atoms. The number of benzene rings is 1. The van der Waals surface area contributed by atoms with E-state index in [0.717, 1.165) is 45.7 Å². The quantitative estimate of drug-likeness (QED) is 0.754. The van der Waals surface area contributed by atoms with Crippen LogP contribution < -0.4 is 9.47 Å². The molecule has 1 heterocycles. The average molecular weight is 335 g/mol. The molecular formula is C18H29N3O3. The van der Waals surface area contributed by atoms with Gasteiger partial charge in [-0.15, -0.1) is 0 Å². The van der Waals surface area contributed by atoms with Crippen LogP contribution in [0.25, 0.3) is 0 Å². The first-order chi connectivity index (χ1) is 11.5. The molecule has 0 aliphatic carbocycles. The number of hydrogen-bond donors (Lipinski definition) is 0. The summed E-state index contributed by atoms with van der Waals surface area (Å²) >= 11 is 0. The standard InChI is InChI=1S/C18H29N3O3/c1-19(2)8-5-9-20-10-12-21(13-11-20)18(22)15-6-7-16(23-3)17(14-15)24-4/h6-7,14H,5,8-13H2,1-4H3. The van der Waals surface area contributed by atoms with Gasteiger partial charge in [-0.2, -0.15) is 0 Å². The van der Waals surface area contributed by atoms with Gasteiger partial charge < -0.3 is 19.3 Å². The summed E-state index contributed by atoms with van der Waals surface area (Å²) in [6.45, 7) is 5.62. The zero-order valence-electron chi connectivity index (χ0n) is 15.2. The van der Waals surface area contributed by atoms with Gasteiger partial charge in [-0.05, 0) is 51.8 Å². The highest BCUT2D eigenvalue weighted by Crippen LogP contribution is 2.28. The first-order valence-electron chi connectivity index (χ1n) is 8.43. The summed E-state index contributed by atoms with van der Waals surface area (Å²) in [6, 6.07) is 5.33. The van der Waals surface area contributed by atoms with Crippen molar-refractivity contribution in [3.05, 3.63) is 23.8 Å². The molecular weight excluding hydrogens is 306 g/mol. The number of methoxy groups -OCH3 is 2. The van der Waals surface area contributed by atoms with Crippen LogP contribution >= 0.6 is 0 Å². The van der Waals surface area contributed by atoms with Crippen molar-refractivity contribution in [3.63, 3.8) is 0 Å². The van der Waals surface area contributed by atoms with Crippen molar-refractivity contribution >= 4 is 5.91 Å². The van der Waals surface area contributed by atoms with Crippen LogP contribution in [0.5, 0.6) is 11.5 Å². The lowest BCUT2D eigenvalue weighted by molar-refractivity contribution is 0.0633. The molecule has 0 unspecified atom stereocenters. The van der Waals surface area contributed by atoms with Crippen LogP contribution in [0.15, 0.2) is 18.2 Å². The molecule has 24 heavy (non-hydrogen) atoms. The number of nitrogens with zero attached hydrogens (tertiary/aromatic N) is 3. The average Bonchev–Trinajstić information content (AvgIpc) is 2.60. The Labute approximate surface area is 144 Å². The van der Waals surface area contributed by atoms with Crippen molar-refractivity contribution in [2.24, 2.45) is 0 Å². The smallest absolute Gasteiger partial charge is 0.254 e. The molecule has 1 fully saturated rings. The van der Waals surface area contributed by atoms with E-state index in [0.29, 0.717) is 17.1 Å². The normalized spacial score (nSPS) is 15.6. The molecule has 1 aliphatic heterocycles. The van der Waals surface area contributed by atoms with E-state index in [1.54, 1.807) is 32.4 Å². The van der Waals surface area contributed by atoms with Crippen LogP contribution in [0.1, 0.15) is 16.8 Å². The fraction of sp³-hybridized carbons (Fsp3) is 0.611. The molecule has 1 aliphatic rings. The third-order valence-corrected chi connectivity index (χ3v) is 4.37. The van der Waals surface area contributed by atoms with Gasteiger partial charge in [0.25, 0.3) is 5.91 Å². The highest BCUT2D eigenvalue weighted by Gasteiger charge is 2.22. The Morgan fingerprint density at radius 3 is 2.33 bits per heavy atom. The highest BCUT2D eigenvalue weighted by molar-refractivity contribution is 5.95. The molecule has 0 aromatic heterocycles. The number of carbonyl (C=O) groups is 1. The maximum Gasteiger partial charge on any atom is 0.254 e. The lowest BCUT2D eigenvalue weighted by Gasteiger charge is -2.35. The molecule has 1 aromatic rings. The summed E-state index contributed by atoms with van der Waals surface area (Å²) in [5.74, 6) is 1.29. The number of piperazine rings is 1. The molecule has 0 N–H and O–H groups in total. The molecule has 1 saturated heterocycles. The van der Waals surface area contributed by atoms with E-state index < -0.39 is 0 Å². The Hall–Kier alpha value is -1.79. The van der Waals surface area contributed by atoms with Gasteiger partial charge in [-0.3, -0.25) is 9.69 Å². The van der Waals surface area contributed by atoms with Gasteiger partial charge in [0.05, 0.1) is 14.2 Å². The Morgan fingerprint density at radius 2 is 1.75 bits per heavy atom. The molecule has 0 radical (unpaired) electrons. The number of carbonyl (C=O) groups excluding carboxylic acids is 1. The lowest BCUT2D eigenvalue weighted by atomic mass is 10.1. The fourth-order valence-corrected chi connectivity index (χ4v) is 2.94. The van der Waals surface area contributed by atoms with Gasteiger partial charge in [-0.25, -0.2) is 0 Å². The summed E-state index contributed by atoms with van der Waals surface area (Å²) in [5, 5.41) is 0. The van der Waals surface area contributed by atoms with Crippen molar-refractivity contribution in [1.29, 1.82) is 0 Å². The largest absolute Gasteiger partial charge is 0.493 e. The van der Waals surface area contributed by atoms with E-state index >= 15 is 0 Å². The molecule has 6 heteroatoms. The molecule has 134 valence electrons. The second-order valence-electron chi connectivity index (χ2n) is 6.36. The van der Waals surface area contributed by atoms with E-state index in [1.807, 2.05) is 4.90 Å². The van der Waals surface area contributed by atoms with Gasteiger partial charge in [0.15, 0.2) is 11.5 Å². The van der Waals surface area contributed by atoms with Crippen LogP contribution in [-0.2, 0) is 0 Å². The topological polar surface area (TPSA) is 45.2 Å². The number of amides is 1. The SMILES string of the molecule is COc1ccc(C(=O)N2CCN(CCCN(C)C)CC2)cc1OC. The van der Waals surface area contributed by atoms with Crippen molar-refractivity contribution in [1.82, 2.24) is 14.7 Å². The van der Waals surface area contributed by atoms with E-state index in [-0.39, 0.29) is 5.91 Å². The molecule has 0 saturated carbocycles. The first-order valence-corrected chi connectivity index (χ1v) is 8.43. The van der Waals surface area contributed by atoms with Crippen LogP contribution in [-0.4, -0.2) is 88.2 Å². The summed E-state index contributed by atoms with van der Waals surface area (Å²) < 4.78 is 10.5. The summed E-state index contributed by atoms with van der Waals surface area (Å²) in [6.07, 6.45) is 1.16. The third-order valence-electron chi connectivity index (χ3n) is 4.37. The van der Waals surface area contributed by atoms with Gasteiger partial charge in [0, 0.05) is 31.7 Å². The first kappa shape index (κ1) is 18.5. The third kappa shape index (κ3) is 4.85. The maximum absolute atomic E-state index is 12.7.